The van der Waals surface area contributed by atoms with Crippen LogP contribution in [0.15, 0.2) is 30.3 Å². The summed E-state index contributed by atoms with van der Waals surface area (Å²) in [4.78, 5) is 46.8. The van der Waals surface area contributed by atoms with E-state index in [-0.39, 0.29) is 13.0 Å². The van der Waals surface area contributed by atoms with Crippen molar-refractivity contribution in [3.05, 3.63) is 35.9 Å². The summed E-state index contributed by atoms with van der Waals surface area (Å²) in [5.74, 6) is -1.85. The molecule has 1 rings (SSSR count). The maximum Gasteiger partial charge on any atom is 0.416 e. The van der Waals surface area contributed by atoms with Crippen LogP contribution in [0.1, 0.15) is 32.8 Å². The fraction of sp³-hybridized carbons (Fsp3) is 0.444. The van der Waals surface area contributed by atoms with Gasteiger partial charge in [0, 0.05) is 0 Å². The number of imide groups is 1. The SMILES string of the molecule is CC(C)(C)C(=O)O[C@H](CC(=O)O)CN(C=O)C(=O)OCc1ccccc1. The third-order valence-corrected chi connectivity index (χ3v) is 3.26. The van der Waals surface area contributed by atoms with E-state index in [1.54, 1.807) is 45.0 Å². The van der Waals surface area contributed by atoms with E-state index in [2.05, 4.69) is 0 Å². The zero-order valence-electron chi connectivity index (χ0n) is 15.0. The molecule has 26 heavy (non-hydrogen) atoms. The molecular formula is C18H23NO7. The summed E-state index contributed by atoms with van der Waals surface area (Å²) < 4.78 is 10.2. The summed E-state index contributed by atoms with van der Waals surface area (Å²) in [6.07, 6.45) is -2.45. The number of ether oxygens (including phenoxy) is 2. The minimum absolute atomic E-state index is 0.0462. The Balaban J connectivity index is 2.71. The molecule has 142 valence electrons. The van der Waals surface area contributed by atoms with Gasteiger partial charge >= 0.3 is 18.0 Å². The minimum Gasteiger partial charge on any atom is -0.481 e. The molecule has 8 heteroatoms. The topological polar surface area (TPSA) is 110 Å². The third kappa shape index (κ3) is 7.33. The van der Waals surface area contributed by atoms with E-state index >= 15 is 0 Å². The van der Waals surface area contributed by atoms with E-state index in [1.807, 2.05) is 6.07 Å². The summed E-state index contributed by atoms with van der Waals surface area (Å²) in [7, 11) is 0. The average Bonchev–Trinajstić information content (AvgIpc) is 2.56. The molecule has 0 unspecified atom stereocenters. The van der Waals surface area contributed by atoms with Gasteiger partial charge in [0.05, 0.1) is 18.4 Å². The standard InChI is InChI=1S/C18H23NO7/c1-18(2,3)16(23)26-14(9-15(21)22)10-19(12-20)17(24)25-11-13-7-5-4-6-8-13/h4-8,12,14H,9-11H2,1-3H3,(H,21,22)/t14-/m1/s1. The Morgan fingerprint density at radius 3 is 2.31 bits per heavy atom. The lowest BCUT2D eigenvalue weighted by atomic mass is 9.97. The molecule has 8 nitrogen and oxygen atoms in total. The van der Waals surface area contributed by atoms with Gasteiger partial charge in [0.25, 0.3) is 0 Å². The van der Waals surface area contributed by atoms with E-state index in [4.69, 9.17) is 14.6 Å². The second kappa shape index (κ2) is 9.55. The fourth-order valence-electron chi connectivity index (χ4n) is 1.85. The van der Waals surface area contributed by atoms with Crippen LogP contribution in [-0.4, -0.2) is 47.1 Å². The van der Waals surface area contributed by atoms with Crippen LogP contribution < -0.4 is 0 Å². The minimum atomic E-state index is -1.22. The van der Waals surface area contributed by atoms with E-state index in [0.29, 0.717) is 4.90 Å². The van der Waals surface area contributed by atoms with E-state index in [9.17, 15) is 19.2 Å². The van der Waals surface area contributed by atoms with Gasteiger partial charge in [-0.3, -0.25) is 14.4 Å². The van der Waals surface area contributed by atoms with Gasteiger partial charge in [0.1, 0.15) is 12.7 Å². The highest BCUT2D eigenvalue weighted by molar-refractivity contribution is 5.81. The van der Waals surface area contributed by atoms with Crippen LogP contribution >= 0.6 is 0 Å². The van der Waals surface area contributed by atoms with Gasteiger partial charge in [-0.2, -0.15) is 0 Å². The van der Waals surface area contributed by atoms with Crippen molar-refractivity contribution in [3.8, 4) is 0 Å². The van der Waals surface area contributed by atoms with Gasteiger partial charge in [-0.05, 0) is 26.3 Å². The van der Waals surface area contributed by atoms with Crippen molar-refractivity contribution in [2.75, 3.05) is 6.54 Å². The largest absolute Gasteiger partial charge is 0.481 e. The molecule has 0 heterocycles. The number of hydrogen-bond donors (Lipinski definition) is 1. The van der Waals surface area contributed by atoms with Crippen molar-refractivity contribution < 1.29 is 33.8 Å². The van der Waals surface area contributed by atoms with Crippen molar-refractivity contribution in [2.24, 2.45) is 5.41 Å². The molecule has 0 aliphatic carbocycles. The van der Waals surface area contributed by atoms with Crippen LogP contribution in [0.4, 0.5) is 4.79 Å². The normalized spacial score (nSPS) is 12.0. The van der Waals surface area contributed by atoms with Gasteiger partial charge in [0.2, 0.25) is 6.41 Å². The molecule has 2 amide bonds. The second-order valence-electron chi connectivity index (χ2n) is 6.67. The highest BCUT2D eigenvalue weighted by Crippen LogP contribution is 2.18. The number of esters is 1. The molecule has 1 aromatic rings. The molecule has 0 aromatic heterocycles. The van der Waals surface area contributed by atoms with Gasteiger partial charge in [-0.15, -0.1) is 0 Å². The molecule has 1 N–H and O–H groups in total. The molecule has 0 saturated carbocycles. The highest BCUT2D eigenvalue weighted by atomic mass is 16.6. The molecule has 1 aromatic carbocycles. The van der Waals surface area contributed by atoms with Crippen molar-refractivity contribution in [2.45, 2.75) is 39.9 Å². The first-order valence-corrected chi connectivity index (χ1v) is 7.99. The number of carbonyl (C=O) groups excluding carboxylic acids is 3. The Kier molecular flexibility index (Phi) is 7.77. The highest BCUT2D eigenvalue weighted by Gasteiger charge is 2.30. The molecule has 0 saturated heterocycles. The first-order chi connectivity index (χ1) is 12.1. The Bertz CT molecular complexity index is 637. The molecule has 1 atom stereocenters. The van der Waals surface area contributed by atoms with Crippen molar-refractivity contribution in [1.82, 2.24) is 4.90 Å². The Labute approximate surface area is 151 Å². The number of carboxylic acid groups (broad SMARTS) is 1. The maximum atomic E-state index is 12.0. The second-order valence-corrected chi connectivity index (χ2v) is 6.67. The number of aliphatic carboxylic acids is 1. The third-order valence-electron chi connectivity index (χ3n) is 3.26. The average molecular weight is 365 g/mol. The smallest absolute Gasteiger partial charge is 0.416 e. The number of carboxylic acids is 1. The van der Waals surface area contributed by atoms with Crippen LogP contribution in [0.3, 0.4) is 0 Å². The predicted octanol–water partition coefficient (Wildman–Crippen LogP) is 2.21. The van der Waals surface area contributed by atoms with Crippen molar-refractivity contribution in [3.63, 3.8) is 0 Å². The Hall–Kier alpha value is -2.90. The van der Waals surface area contributed by atoms with Gasteiger partial charge in [0.15, 0.2) is 0 Å². The lowest BCUT2D eigenvalue weighted by Crippen LogP contribution is -2.41. The zero-order chi connectivity index (χ0) is 19.7. The molecule has 0 fully saturated rings. The van der Waals surface area contributed by atoms with Gasteiger partial charge in [-0.25, -0.2) is 9.69 Å². The van der Waals surface area contributed by atoms with Crippen LogP contribution in [0.25, 0.3) is 0 Å². The summed E-state index contributed by atoms with van der Waals surface area (Å²) in [5.41, 5.74) is -0.121. The van der Waals surface area contributed by atoms with Crippen LogP contribution in [0.5, 0.6) is 0 Å². The first kappa shape index (κ1) is 21.1. The summed E-state index contributed by atoms with van der Waals surface area (Å²) in [5, 5.41) is 8.96. The van der Waals surface area contributed by atoms with E-state index in [0.717, 1.165) is 5.56 Å². The number of carbonyl (C=O) groups is 4. The quantitative estimate of drug-likeness (QED) is 0.555. The van der Waals surface area contributed by atoms with Gasteiger partial charge in [-0.1, -0.05) is 30.3 Å². The first-order valence-electron chi connectivity index (χ1n) is 7.99. The molecule has 0 aliphatic rings. The number of benzene rings is 1. The molecule has 0 radical (unpaired) electrons. The zero-order valence-corrected chi connectivity index (χ0v) is 15.0. The van der Waals surface area contributed by atoms with Gasteiger partial charge < -0.3 is 14.6 Å². The summed E-state index contributed by atoms with van der Waals surface area (Å²) >= 11 is 0. The van der Waals surface area contributed by atoms with Crippen LogP contribution in [0.2, 0.25) is 0 Å². The Morgan fingerprint density at radius 1 is 1.19 bits per heavy atom. The van der Waals surface area contributed by atoms with Crippen LogP contribution in [0, 0.1) is 5.41 Å². The number of rotatable bonds is 8. The van der Waals surface area contributed by atoms with Crippen molar-refractivity contribution in [1.29, 1.82) is 0 Å². The maximum absolute atomic E-state index is 12.0. The van der Waals surface area contributed by atoms with E-state index < -0.39 is 42.5 Å². The number of amides is 2. The predicted molar refractivity (Wildman–Crippen MR) is 91.0 cm³/mol. The molecule has 0 aliphatic heterocycles. The van der Waals surface area contributed by atoms with Crippen molar-refractivity contribution >= 4 is 24.4 Å². The van der Waals surface area contributed by atoms with Crippen LogP contribution in [-0.2, 0) is 30.5 Å². The summed E-state index contributed by atoms with van der Waals surface area (Å²) in [6, 6.07) is 8.85. The number of nitrogens with zero attached hydrogens (tertiary/aromatic N) is 1. The Morgan fingerprint density at radius 2 is 1.81 bits per heavy atom. The monoisotopic (exact) mass is 365 g/mol. The molecule has 0 spiro atoms. The molecular weight excluding hydrogens is 342 g/mol. The molecule has 0 bridgehead atoms. The van der Waals surface area contributed by atoms with E-state index in [1.165, 1.54) is 0 Å². The summed E-state index contributed by atoms with van der Waals surface area (Å²) in [6.45, 7) is 4.37. The lowest BCUT2D eigenvalue weighted by Gasteiger charge is -2.25. The fourth-order valence-corrected chi connectivity index (χ4v) is 1.85. The lowest BCUT2D eigenvalue weighted by molar-refractivity contribution is -0.162. The number of hydrogen-bond acceptors (Lipinski definition) is 6.